The maximum absolute atomic E-state index is 13.1. The largest absolute Gasteiger partial charge is 0.370 e. The van der Waals surface area contributed by atoms with Gasteiger partial charge in [-0.3, -0.25) is 24.5 Å². The molecule has 36 heavy (non-hydrogen) atoms. The van der Waals surface area contributed by atoms with Crippen LogP contribution in [0, 0.1) is 12.0 Å². The van der Waals surface area contributed by atoms with Crippen molar-refractivity contribution in [3.8, 4) is 0 Å². The number of piperidine rings is 2. The lowest BCUT2D eigenvalue weighted by Crippen LogP contribution is -2.61. The van der Waals surface area contributed by atoms with E-state index in [4.69, 9.17) is 6.57 Å². The van der Waals surface area contributed by atoms with Gasteiger partial charge in [0.1, 0.15) is 6.04 Å². The van der Waals surface area contributed by atoms with Gasteiger partial charge in [-0.1, -0.05) is 12.6 Å². The highest BCUT2D eigenvalue weighted by atomic mass is 16.2. The predicted octanol–water partition coefficient (Wildman–Crippen LogP) is 2.07. The molecule has 4 aliphatic heterocycles. The van der Waals surface area contributed by atoms with Gasteiger partial charge in [0.25, 0.3) is 11.8 Å². The van der Waals surface area contributed by atoms with Gasteiger partial charge in [-0.05, 0) is 43.5 Å². The van der Waals surface area contributed by atoms with E-state index < -0.39 is 11.9 Å². The topological polar surface area (TPSA) is 110 Å². The van der Waals surface area contributed by atoms with E-state index in [1.54, 1.807) is 17.0 Å². The molecule has 5 heterocycles. The maximum atomic E-state index is 13.1. The van der Waals surface area contributed by atoms with Gasteiger partial charge in [-0.2, -0.15) is 0 Å². The molecule has 1 aromatic carbocycles. The van der Waals surface area contributed by atoms with Crippen LogP contribution in [0.2, 0.25) is 0 Å². The summed E-state index contributed by atoms with van der Waals surface area (Å²) in [7, 11) is 0. The Hall–Kier alpha value is -4.13. The Balaban J connectivity index is 1.11. The van der Waals surface area contributed by atoms with Gasteiger partial charge in [-0.25, -0.2) is 0 Å². The zero-order chi connectivity index (χ0) is 25.0. The van der Waals surface area contributed by atoms with E-state index in [-0.39, 0.29) is 29.6 Å². The summed E-state index contributed by atoms with van der Waals surface area (Å²) in [5.41, 5.74) is 3.19. The van der Waals surface area contributed by atoms with Gasteiger partial charge in [-0.15, -0.1) is 0 Å². The third kappa shape index (κ3) is 3.54. The highest BCUT2D eigenvalue weighted by molar-refractivity contribution is 6.06. The molecule has 3 saturated heterocycles. The number of nitrogens with zero attached hydrogens (tertiary/aromatic N) is 4. The second kappa shape index (κ2) is 8.22. The minimum absolute atomic E-state index is 0.0659. The number of likely N-dealkylation sites (tertiary alicyclic amines) is 1. The first-order chi connectivity index (χ1) is 17.4. The Bertz CT molecular complexity index is 1320. The van der Waals surface area contributed by atoms with Crippen LogP contribution in [0.25, 0.3) is 4.85 Å². The molecule has 10 heteroatoms. The third-order valence-corrected chi connectivity index (χ3v) is 8.08. The molecule has 184 valence electrons. The van der Waals surface area contributed by atoms with E-state index in [0.29, 0.717) is 43.1 Å². The number of anilines is 1. The highest BCUT2D eigenvalue weighted by Crippen LogP contribution is 2.45. The van der Waals surface area contributed by atoms with Crippen LogP contribution >= 0.6 is 0 Å². The lowest BCUT2D eigenvalue weighted by Gasteiger charge is -2.55. The van der Waals surface area contributed by atoms with Crippen LogP contribution in [0.3, 0.4) is 0 Å². The van der Waals surface area contributed by atoms with Gasteiger partial charge in [0.05, 0.1) is 0 Å². The summed E-state index contributed by atoms with van der Waals surface area (Å²) in [6.07, 6.45) is 2.40. The van der Waals surface area contributed by atoms with E-state index in [1.807, 2.05) is 23.1 Å². The zero-order valence-electron chi connectivity index (χ0n) is 19.7. The van der Waals surface area contributed by atoms with E-state index in [1.165, 1.54) is 0 Å². The average molecular weight is 487 g/mol. The first-order valence-electron chi connectivity index (χ1n) is 12.2. The smallest absolute Gasteiger partial charge is 0.292 e. The van der Waals surface area contributed by atoms with Crippen LogP contribution in [-0.4, -0.2) is 70.6 Å². The summed E-state index contributed by atoms with van der Waals surface area (Å²) in [5.74, 6) is -0.548. The van der Waals surface area contributed by atoms with Crippen molar-refractivity contribution >= 4 is 35.1 Å². The lowest BCUT2D eigenvalue weighted by atomic mass is 9.71. The van der Waals surface area contributed by atoms with Gasteiger partial charge in [0.15, 0.2) is 5.69 Å². The zero-order valence-corrected chi connectivity index (χ0v) is 19.7. The molecule has 1 spiro atoms. The van der Waals surface area contributed by atoms with E-state index in [2.05, 4.69) is 20.0 Å². The summed E-state index contributed by atoms with van der Waals surface area (Å²) in [6, 6.07) is 8.41. The van der Waals surface area contributed by atoms with E-state index >= 15 is 0 Å². The van der Waals surface area contributed by atoms with Crippen molar-refractivity contribution in [2.75, 3.05) is 31.1 Å². The summed E-state index contributed by atoms with van der Waals surface area (Å²) >= 11 is 0. The van der Waals surface area contributed by atoms with Crippen molar-refractivity contribution in [3.63, 3.8) is 0 Å². The number of nitrogens with one attached hydrogen (secondary N) is 2. The number of carbonyl (C=O) groups is 4. The summed E-state index contributed by atoms with van der Waals surface area (Å²) < 4.78 is 0. The number of hydrogen-bond donors (Lipinski definition) is 2. The van der Waals surface area contributed by atoms with Crippen molar-refractivity contribution in [2.45, 2.75) is 38.3 Å². The van der Waals surface area contributed by atoms with Gasteiger partial charge >= 0.3 is 0 Å². The number of carbonyl (C=O) groups excluding carboxylic acids is 4. The number of amides is 4. The Labute approximate surface area is 208 Å². The molecule has 1 aromatic heterocycles. The van der Waals surface area contributed by atoms with Crippen LogP contribution in [-0.2, 0) is 16.1 Å². The van der Waals surface area contributed by atoms with Crippen molar-refractivity contribution in [3.05, 3.63) is 58.6 Å². The van der Waals surface area contributed by atoms with Crippen molar-refractivity contribution < 1.29 is 19.2 Å². The highest BCUT2D eigenvalue weighted by Gasteiger charge is 2.47. The minimum Gasteiger partial charge on any atom is -0.370 e. The predicted molar refractivity (Wildman–Crippen MR) is 129 cm³/mol. The molecular weight excluding hydrogens is 460 g/mol. The van der Waals surface area contributed by atoms with Crippen molar-refractivity contribution in [2.24, 2.45) is 5.41 Å². The molecule has 3 fully saturated rings. The second-order valence-electron chi connectivity index (χ2n) is 10.2. The number of imide groups is 1. The molecule has 2 N–H and O–H groups in total. The van der Waals surface area contributed by atoms with Crippen LogP contribution in [0.5, 0.6) is 0 Å². The first kappa shape index (κ1) is 22.3. The van der Waals surface area contributed by atoms with Gasteiger partial charge in [0.2, 0.25) is 17.6 Å². The minimum atomic E-state index is -0.620. The summed E-state index contributed by atoms with van der Waals surface area (Å²) in [5, 5.41) is 2.35. The molecule has 0 bridgehead atoms. The Morgan fingerprint density at radius 3 is 2.56 bits per heavy atom. The number of hydrogen-bond acceptors (Lipinski definition) is 5. The number of fused-ring (bicyclic) bond motifs is 1. The molecule has 4 amide bonds. The fourth-order valence-corrected chi connectivity index (χ4v) is 6.04. The van der Waals surface area contributed by atoms with Crippen LogP contribution in [0.4, 0.5) is 11.5 Å². The number of rotatable bonds is 3. The van der Waals surface area contributed by atoms with Crippen LogP contribution < -0.4 is 10.2 Å². The molecule has 1 unspecified atom stereocenters. The Kier molecular flexibility index (Phi) is 5.10. The molecule has 0 aliphatic carbocycles. The number of aromatic amines is 1. The van der Waals surface area contributed by atoms with Crippen molar-refractivity contribution in [1.82, 2.24) is 20.1 Å². The van der Waals surface area contributed by atoms with Crippen LogP contribution in [0.15, 0.2) is 30.3 Å². The number of aromatic nitrogens is 1. The van der Waals surface area contributed by atoms with Crippen LogP contribution in [0.1, 0.15) is 52.1 Å². The van der Waals surface area contributed by atoms with Gasteiger partial charge < -0.3 is 24.5 Å². The van der Waals surface area contributed by atoms with Gasteiger partial charge in [0, 0.05) is 61.4 Å². The molecule has 6 rings (SSSR count). The lowest BCUT2D eigenvalue weighted by molar-refractivity contribution is -0.136. The quantitative estimate of drug-likeness (QED) is 0.510. The van der Waals surface area contributed by atoms with Crippen molar-refractivity contribution in [1.29, 1.82) is 0 Å². The Morgan fingerprint density at radius 2 is 1.86 bits per heavy atom. The first-order valence-corrected chi connectivity index (χ1v) is 12.2. The number of H-pyrrole nitrogens is 1. The fourth-order valence-electron chi connectivity index (χ4n) is 6.04. The molecule has 10 nitrogen and oxygen atoms in total. The van der Waals surface area contributed by atoms with E-state index in [0.717, 1.165) is 37.2 Å². The standard InChI is InChI=1S/C26H26N6O4/c1-27-21-7-5-18(28-21)25(36)30-11-9-26(10-12-30)14-31(15-26)19-4-2-3-16-17(19)13-32(24(16)35)20-6-8-22(33)29-23(20)34/h2-5,7,20,28H,6,8-15H2,(H,29,33,34). The Morgan fingerprint density at radius 1 is 1.08 bits per heavy atom. The van der Waals surface area contributed by atoms with E-state index in [9.17, 15) is 19.2 Å². The molecule has 4 aliphatic rings. The monoisotopic (exact) mass is 486 g/mol. The third-order valence-electron chi connectivity index (χ3n) is 8.08. The number of benzene rings is 1. The normalized spacial score (nSPS) is 22.8. The summed E-state index contributed by atoms with van der Waals surface area (Å²) in [6.45, 7) is 10.5. The second-order valence-corrected chi connectivity index (χ2v) is 10.2. The fraction of sp³-hybridized carbons (Fsp3) is 0.423. The molecular formula is C26H26N6O4. The summed E-state index contributed by atoms with van der Waals surface area (Å²) in [4.78, 5) is 61.8. The maximum Gasteiger partial charge on any atom is 0.292 e. The molecule has 2 aromatic rings. The molecule has 1 atom stereocenters. The SMILES string of the molecule is [C-]#[N+]c1ccc(C(=O)N2CCC3(CC2)CN(c2cccc4c2CN(C2CCC(=O)NC2=O)C4=O)C3)[nH]1. The molecule has 0 saturated carbocycles. The molecule has 0 radical (unpaired) electrons. The average Bonchev–Trinajstić information content (AvgIpc) is 3.47.